The van der Waals surface area contributed by atoms with Crippen LogP contribution in [0.25, 0.3) is 0 Å². The molecular weight excluding hydrogens is 520 g/mol. The first-order chi connectivity index (χ1) is 18.1. The van der Waals surface area contributed by atoms with E-state index < -0.39 is 19.9 Å². The molecule has 4 aromatic rings. The van der Waals surface area contributed by atoms with Crippen molar-refractivity contribution in [1.82, 2.24) is 5.32 Å². The topological polar surface area (TPSA) is 101 Å². The Labute approximate surface area is 223 Å². The van der Waals surface area contributed by atoms with Crippen molar-refractivity contribution >= 4 is 31.5 Å². The standard InChI is InChI=1S/C29H28N2O5S2/c1-22(24-17-19-27(20-18-24)37(2,33)34)30-29(32)25-15-13-23(14-16-25)21-31(26-9-5-3-6-10-26)38(35,36)28-11-7-4-8-12-28/h3-20,22H,21H2,1-2H3,(H,30,32)/t22-/m1/s1. The van der Waals surface area contributed by atoms with Gasteiger partial charge in [-0.3, -0.25) is 9.10 Å². The molecule has 0 aliphatic heterocycles. The zero-order valence-electron chi connectivity index (χ0n) is 21.0. The third kappa shape index (κ3) is 6.30. The SMILES string of the molecule is C[C@@H](NC(=O)c1ccc(CN(c2ccccc2)S(=O)(=O)c2ccccc2)cc1)c1ccc(S(C)(=O)=O)cc1. The molecule has 0 unspecified atom stereocenters. The van der Waals surface area contributed by atoms with Crippen molar-refractivity contribution in [1.29, 1.82) is 0 Å². The van der Waals surface area contributed by atoms with Gasteiger partial charge in [0, 0.05) is 11.8 Å². The van der Waals surface area contributed by atoms with Crippen LogP contribution in [0.5, 0.6) is 0 Å². The summed E-state index contributed by atoms with van der Waals surface area (Å²) in [7, 11) is -7.12. The molecule has 4 rings (SSSR count). The molecule has 0 bridgehead atoms. The summed E-state index contributed by atoms with van der Waals surface area (Å²) in [6.45, 7) is 1.90. The fourth-order valence-electron chi connectivity index (χ4n) is 3.92. The van der Waals surface area contributed by atoms with Crippen LogP contribution >= 0.6 is 0 Å². The monoisotopic (exact) mass is 548 g/mol. The number of hydrogen-bond donors (Lipinski definition) is 1. The number of amides is 1. The molecule has 196 valence electrons. The number of sulfonamides is 1. The lowest BCUT2D eigenvalue weighted by Gasteiger charge is -2.25. The van der Waals surface area contributed by atoms with Gasteiger partial charge in [-0.15, -0.1) is 0 Å². The Morgan fingerprint density at radius 1 is 0.737 bits per heavy atom. The highest BCUT2D eigenvalue weighted by Gasteiger charge is 2.25. The van der Waals surface area contributed by atoms with E-state index in [0.717, 1.165) is 11.8 Å². The van der Waals surface area contributed by atoms with Crippen LogP contribution in [-0.4, -0.2) is 29.0 Å². The van der Waals surface area contributed by atoms with E-state index in [1.165, 1.54) is 16.4 Å². The van der Waals surface area contributed by atoms with Crippen LogP contribution < -0.4 is 9.62 Å². The summed E-state index contributed by atoms with van der Waals surface area (Å²) in [6, 6.07) is 30.0. The van der Waals surface area contributed by atoms with Crippen LogP contribution in [0.15, 0.2) is 119 Å². The minimum Gasteiger partial charge on any atom is -0.346 e. The van der Waals surface area contributed by atoms with Crippen LogP contribution in [0.1, 0.15) is 34.5 Å². The summed E-state index contributed by atoms with van der Waals surface area (Å²) >= 11 is 0. The Kier molecular flexibility index (Phi) is 7.99. The molecule has 0 saturated heterocycles. The van der Waals surface area contributed by atoms with E-state index in [1.54, 1.807) is 91.0 Å². The van der Waals surface area contributed by atoms with Gasteiger partial charge in [0.15, 0.2) is 9.84 Å². The van der Waals surface area contributed by atoms with Crippen LogP contribution in [0.4, 0.5) is 5.69 Å². The molecule has 0 spiro atoms. The van der Waals surface area contributed by atoms with Gasteiger partial charge in [0.05, 0.1) is 28.1 Å². The first-order valence-electron chi connectivity index (χ1n) is 11.9. The number of sulfone groups is 1. The number of benzene rings is 4. The molecule has 9 heteroatoms. The fraction of sp³-hybridized carbons (Fsp3) is 0.138. The largest absolute Gasteiger partial charge is 0.346 e. The number of anilines is 1. The minimum atomic E-state index is -3.82. The summed E-state index contributed by atoms with van der Waals surface area (Å²) in [6.07, 6.45) is 1.15. The summed E-state index contributed by atoms with van der Waals surface area (Å²) in [5.74, 6) is -0.298. The molecule has 0 fully saturated rings. The zero-order valence-corrected chi connectivity index (χ0v) is 22.6. The van der Waals surface area contributed by atoms with Crippen LogP contribution in [0.2, 0.25) is 0 Å². The van der Waals surface area contributed by atoms with Crippen LogP contribution in [-0.2, 0) is 26.4 Å². The zero-order chi connectivity index (χ0) is 27.3. The van der Waals surface area contributed by atoms with Crippen molar-refractivity contribution in [3.8, 4) is 0 Å². The summed E-state index contributed by atoms with van der Waals surface area (Å²) in [5, 5.41) is 2.91. The Hall–Kier alpha value is -3.95. The lowest BCUT2D eigenvalue weighted by Crippen LogP contribution is -2.30. The number of rotatable bonds is 9. The van der Waals surface area contributed by atoms with Gasteiger partial charge in [0.25, 0.3) is 15.9 Å². The molecule has 7 nitrogen and oxygen atoms in total. The summed E-state index contributed by atoms with van der Waals surface area (Å²) < 4.78 is 51.6. The maximum atomic E-state index is 13.5. The predicted molar refractivity (Wildman–Crippen MR) is 148 cm³/mol. The van der Waals surface area contributed by atoms with Gasteiger partial charge in [-0.05, 0) is 66.6 Å². The van der Waals surface area contributed by atoms with E-state index in [-0.39, 0.29) is 28.3 Å². The fourth-order valence-corrected chi connectivity index (χ4v) is 6.03. The van der Waals surface area contributed by atoms with Crippen molar-refractivity contribution in [2.45, 2.75) is 29.3 Å². The molecule has 0 aromatic heterocycles. The Morgan fingerprint density at radius 2 is 1.29 bits per heavy atom. The average Bonchev–Trinajstić information content (AvgIpc) is 2.92. The van der Waals surface area contributed by atoms with E-state index in [0.29, 0.717) is 16.8 Å². The van der Waals surface area contributed by atoms with Gasteiger partial charge >= 0.3 is 0 Å². The Balaban J connectivity index is 1.50. The third-order valence-electron chi connectivity index (χ3n) is 6.07. The van der Waals surface area contributed by atoms with Crippen LogP contribution in [0.3, 0.4) is 0 Å². The van der Waals surface area contributed by atoms with Crippen molar-refractivity contribution in [3.05, 3.63) is 126 Å². The van der Waals surface area contributed by atoms with Crippen molar-refractivity contribution in [2.24, 2.45) is 0 Å². The maximum absolute atomic E-state index is 13.5. The van der Waals surface area contributed by atoms with Crippen molar-refractivity contribution < 1.29 is 21.6 Å². The highest BCUT2D eigenvalue weighted by Crippen LogP contribution is 2.26. The quantitative estimate of drug-likeness (QED) is 0.318. The highest BCUT2D eigenvalue weighted by molar-refractivity contribution is 7.92. The molecule has 1 atom stereocenters. The number of hydrogen-bond acceptors (Lipinski definition) is 5. The molecule has 0 radical (unpaired) electrons. The first-order valence-corrected chi connectivity index (χ1v) is 15.2. The van der Waals surface area contributed by atoms with Crippen molar-refractivity contribution in [2.75, 3.05) is 10.6 Å². The second-order valence-electron chi connectivity index (χ2n) is 8.89. The van der Waals surface area contributed by atoms with E-state index in [1.807, 2.05) is 13.0 Å². The Morgan fingerprint density at radius 3 is 1.84 bits per heavy atom. The van der Waals surface area contributed by atoms with E-state index in [2.05, 4.69) is 5.32 Å². The first kappa shape index (κ1) is 27.1. The molecular formula is C29H28N2O5S2. The average molecular weight is 549 g/mol. The lowest BCUT2D eigenvalue weighted by atomic mass is 10.1. The third-order valence-corrected chi connectivity index (χ3v) is 8.99. The Bertz CT molecular complexity index is 1600. The van der Waals surface area contributed by atoms with E-state index in [4.69, 9.17) is 0 Å². The van der Waals surface area contributed by atoms with E-state index in [9.17, 15) is 21.6 Å². The molecule has 0 saturated carbocycles. The maximum Gasteiger partial charge on any atom is 0.264 e. The normalized spacial score (nSPS) is 12.5. The number of para-hydroxylation sites is 1. The lowest BCUT2D eigenvalue weighted by molar-refractivity contribution is 0.0940. The number of carbonyl (C=O) groups is 1. The van der Waals surface area contributed by atoms with Crippen LogP contribution in [0, 0.1) is 0 Å². The smallest absolute Gasteiger partial charge is 0.264 e. The number of carbonyl (C=O) groups excluding carboxylic acids is 1. The molecule has 1 N–H and O–H groups in total. The minimum absolute atomic E-state index is 0.0895. The highest BCUT2D eigenvalue weighted by atomic mass is 32.2. The molecule has 1 amide bonds. The van der Waals surface area contributed by atoms with Gasteiger partial charge in [0.2, 0.25) is 0 Å². The van der Waals surface area contributed by atoms with Crippen molar-refractivity contribution in [3.63, 3.8) is 0 Å². The molecule has 4 aromatic carbocycles. The van der Waals surface area contributed by atoms with Gasteiger partial charge < -0.3 is 5.32 Å². The molecule has 38 heavy (non-hydrogen) atoms. The van der Waals surface area contributed by atoms with E-state index >= 15 is 0 Å². The van der Waals surface area contributed by atoms with Gasteiger partial charge in [-0.25, -0.2) is 16.8 Å². The molecule has 0 heterocycles. The predicted octanol–water partition coefficient (Wildman–Crippen LogP) is 4.98. The second-order valence-corrected chi connectivity index (χ2v) is 12.8. The van der Waals surface area contributed by atoms with Gasteiger partial charge in [0.1, 0.15) is 0 Å². The van der Waals surface area contributed by atoms with Gasteiger partial charge in [-0.1, -0.05) is 60.7 Å². The molecule has 0 aliphatic rings. The number of nitrogens with one attached hydrogen (secondary N) is 1. The molecule has 0 aliphatic carbocycles. The summed E-state index contributed by atoms with van der Waals surface area (Å²) in [5.41, 5.74) is 2.45. The second kappa shape index (κ2) is 11.2. The summed E-state index contributed by atoms with van der Waals surface area (Å²) in [4.78, 5) is 13.3. The van der Waals surface area contributed by atoms with Gasteiger partial charge in [-0.2, -0.15) is 0 Å². The number of nitrogens with zero attached hydrogens (tertiary/aromatic N) is 1.